The van der Waals surface area contributed by atoms with Crippen molar-refractivity contribution in [1.29, 1.82) is 0 Å². The molecule has 0 saturated heterocycles. The third-order valence-corrected chi connectivity index (χ3v) is 2.38. The number of anilines is 1. The van der Waals surface area contributed by atoms with E-state index in [4.69, 9.17) is 5.11 Å². The van der Waals surface area contributed by atoms with Crippen LogP contribution in [0.15, 0.2) is 30.9 Å². The molecule has 4 N–H and O–H groups in total. The maximum atomic E-state index is 11.6. The van der Waals surface area contributed by atoms with Crippen molar-refractivity contribution in [3.05, 3.63) is 36.4 Å². The quantitative estimate of drug-likeness (QED) is 0.612. The molecule has 0 aliphatic rings. The number of benzene rings is 1. The number of aromatic hydroxyl groups is 1. The van der Waals surface area contributed by atoms with Crippen LogP contribution in [0.3, 0.4) is 0 Å². The highest BCUT2D eigenvalue weighted by molar-refractivity contribution is 5.94. The van der Waals surface area contributed by atoms with Gasteiger partial charge >= 0.3 is 12.0 Å². The van der Waals surface area contributed by atoms with Gasteiger partial charge in [0, 0.05) is 17.8 Å². The highest BCUT2D eigenvalue weighted by atomic mass is 16.4. The molecule has 0 aliphatic heterocycles. The minimum absolute atomic E-state index is 0.0654. The van der Waals surface area contributed by atoms with Gasteiger partial charge in [0.2, 0.25) is 0 Å². The van der Waals surface area contributed by atoms with E-state index in [-0.39, 0.29) is 11.6 Å². The molecule has 0 radical (unpaired) electrons. The second-order valence-electron chi connectivity index (χ2n) is 4.06. The Bertz CT molecular complexity index is 499. The number of carboxylic acids is 1. The van der Waals surface area contributed by atoms with Gasteiger partial charge < -0.3 is 20.8 Å². The Labute approximate surface area is 110 Å². The number of hydrogen-bond donors (Lipinski definition) is 4. The van der Waals surface area contributed by atoms with E-state index < -0.39 is 17.7 Å². The number of rotatable bonds is 5. The first-order valence-electron chi connectivity index (χ1n) is 5.68. The summed E-state index contributed by atoms with van der Waals surface area (Å²) in [6.45, 7) is 5.40. The van der Waals surface area contributed by atoms with Gasteiger partial charge in [-0.2, -0.15) is 0 Å². The number of aromatic carboxylic acids is 1. The summed E-state index contributed by atoms with van der Waals surface area (Å²) in [5.74, 6) is -1.63. The molecular weight excluding hydrogens is 248 g/mol. The van der Waals surface area contributed by atoms with Crippen LogP contribution in [0.4, 0.5) is 10.5 Å². The SMILES string of the molecule is C=CCC(C)NC(=O)Nc1ccc(C(=O)O)c(O)c1. The van der Waals surface area contributed by atoms with Crippen molar-refractivity contribution < 1.29 is 19.8 Å². The monoisotopic (exact) mass is 264 g/mol. The topological polar surface area (TPSA) is 98.7 Å². The van der Waals surface area contributed by atoms with Crippen LogP contribution in [0.2, 0.25) is 0 Å². The lowest BCUT2D eigenvalue weighted by molar-refractivity contribution is 0.0694. The van der Waals surface area contributed by atoms with Gasteiger partial charge in [-0.05, 0) is 25.5 Å². The van der Waals surface area contributed by atoms with Crippen LogP contribution in [-0.2, 0) is 0 Å². The molecule has 6 nitrogen and oxygen atoms in total. The summed E-state index contributed by atoms with van der Waals surface area (Å²) >= 11 is 0. The molecule has 0 bridgehead atoms. The van der Waals surface area contributed by atoms with Gasteiger partial charge in [-0.25, -0.2) is 9.59 Å². The first kappa shape index (κ1) is 14.6. The molecule has 0 saturated carbocycles. The standard InChI is InChI=1S/C13H16N2O4/c1-3-4-8(2)14-13(19)15-9-5-6-10(12(17)18)11(16)7-9/h3,5-8,16H,1,4H2,2H3,(H,17,18)(H2,14,15,19). The predicted molar refractivity (Wildman–Crippen MR) is 71.5 cm³/mol. The largest absolute Gasteiger partial charge is 0.507 e. The smallest absolute Gasteiger partial charge is 0.339 e. The van der Waals surface area contributed by atoms with Crippen LogP contribution in [-0.4, -0.2) is 28.3 Å². The Balaban J connectivity index is 2.67. The minimum atomic E-state index is -1.23. The minimum Gasteiger partial charge on any atom is -0.507 e. The van der Waals surface area contributed by atoms with Crippen molar-refractivity contribution in [1.82, 2.24) is 5.32 Å². The summed E-state index contributed by atoms with van der Waals surface area (Å²) in [6.07, 6.45) is 2.33. The maximum Gasteiger partial charge on any atom is 0.339 e. The van der Waals surface area contributed by atoms with Crippen molar-refractivity contribution in [3.8, 4) is 5.75 Å². The number of hydrogen-bond acceptors (Lipinski definition) is 3. The molecule has 0 heterocycles. The second-order valence-corrected chi connectivity index (χ2v) is 4.06. The molecule has 19 heavy (non-hydrogen) atoms. The van der Waals surface area contributed by atoms with Gasteiger partial charge in [0.1, 0.15) is 11.3 Å². The van der Waals surface area contributed by atoms with E-state index in [0.717, 1.165) is 0 Å². The Kier molecular flexibility index (Phi) is 4.93. The van der Waals surface area contributed by atoms with Gasteiger partial charge in [0.05, 0.1) is 0 Å². The molecule has 1 aromatic carbocycles. The zero-order chi connectivity index (χ0) is 14.4. The number of urea groups is 1. The fourth-order valence-electron chi connectivity index (χ4n) is 1.49. The molecule has 1 aromatic rings. The van der Waals surface area contributed by atoms with Gasteiger partial charge in [-0.1, -0.05) is 6.08 Å². The van der Waals surface area contributed by atoms with E-state index in [0.29, 0.717) is 12.1 Å². The first-order valence-corrected chi connectivity index (χ1v) is 5.68. The van der Waals surface area contributed by atoms with Crippen molar-refractivity contribution in [2.45, 2.75) is 19.4 Å². The van der Waals surface area contributed by atoms with E-state index in [2.05, 4.69) is 17.2 Å². The predicted octanol–water partition coefficient (Wildman–Crippen LogP) is 2.18. The summed E-state index contributed by atoms with van der Waals surface area (Å²) in [5.41, 5.74) is 0.0942. The fourth-order valence-corrected chi connectivity index (χ4v) is 1.49. The lowest BCUT2D eigenvalue weighted by Crippen LogP contribution is -2.35. The second kappa shape index (κ2) is 6.44. The molecule has 0 aliphatic carbocycles. The number of amides is 2. The van der Waals surface area contributed by atoms with Gasteiger partial charge in [0.25, 0.3) is 0 Å². The summed E-state index contributed by atoms with van der Waals surface area (Å²) in [5, 5.41) is 23.4. The molecular formula is C13H16N2O4. The van der Waals surface area contributed by atoms with Crippen molar-refractivity contribution >= 4 is 17.7 Å². The van der Waals surface area contributed by atoms with Crippen LogP contribution >= 0.6 is 0 Å². The Morgan fingerprint density at radius 3 is 2.68 bits per heavy atom. The lowest BCUT2D eigenvalue weighted by atomic mass is 10.2. The molecule has 1 rings (SSSR count). The Morgan fingerprint density at radius 1 is 1.47 bits per heavy atom. The summed E-state index contributed by atoms with van der Waals surface area (Å²) in [7, 11) is 0. The average Bonchev–Trinajstić information content (AvgIpc) is 2.28. The third kappa shape index (κ3) is 4.34. The van der Waals surface area contributed by atoms with Crippen LogP contribution < -0.4 is 10.6 Å². The number of nitrogens with one attached hydrogen (secondary N) is 2. The molecule has 1 unspecified atom stereocenters. The first-order chi connectivity index (χ1) is 8.93. The van der Waals surface area contributed by atoms with Crippen molar-refractivity contribution in [2.75, 3.05) is 5.32 Å². The number of carbonyl (C=O) groups excluding carboxylic acids is 1. The highest BCUT2D eigenvalue weighted by Gasteiger charge is 2.11. The number of carbonyl (C=O) groups is 2. The summed E-state index contributed by atoms with van der Waals surface area (Å²) < 4.78 is 0. The molecule has 102 valence electrons. The molecule has 1 atom stereocenters. The average molecular weight is 264 g/mol. The van der Waals surface area contributed by atoms with Crippen LogP contribution in [0.1, 0.15) is 23.7 Å². The van der Waals surface area contributed by atoms with Crippen LogP contribution in [0.5, 0.6) is 5.75 Å². The van der Waals surface area contributed by atoms with Gasteiger partial charge in [-0.15, -0.1) is 6.58 Å². The molecule has 0 fully saturated rings. The van der Waals surface area contributed by atoms with Crippen LogP contribution in [0.25, 0.3) is 0 Å². The lowest BCUT2D eigenvalue weighted by Gasteiger charge is -2.13. The summed E-state index contributed by atoms with van der Waals surface area (Å²) in [4.78, 5) is 22.3. The normalized spacial score (nSPS) is 11.4. The highest BCUT2D eigenvalue weighted by Crippen LogP contribution is 2.21. The number of phenols is 1. The zero-order valence-corrected chi connectivity index (χ0v) is 10.5. The van der Waals surface area contributed by atoms with Crippen LogP contribution in [0, 0.1) is 0 Å². The Morgan fingerprint density at radius 2 is 2.16 bits per heavy atom. The van der Waals surface area contributed by atoms with Gasteiger partial charge in [-0.3, -0.25) is 0 Å². The van der Waals surface area contributed by atoms with Gasteiger partial charge in [0.15, 0.2) is 0 Å². The fraction of sp³-hybridized carbons (Fsp3) is 0.231. The molecule has 2 amide bonds. The van der Waals surface area contributed by atoms with E-state index >= 15 is 0 Å². The van der Waals surface area contributed by atoms with E-state index in [9.17, 15) is 14.7 Å². The number of carboxylic acid groups (broad SMARTS) is 1. The van der Waals surface area contributed by atoms with Crippen molar-refractivity contribution in [3.63, 3.8) is 0 Å². The third-order valence-electron chi connectivity index (χ3n) is 2.38. The van der Waals surface area contributed by atoms with Crippen molar-refractivity contribution in [2.24, 2.45) is 0 Å². The zero-order valence-electron chi connectivity index (χ0n) is 10.5. The summed E-state index contributed by atoms with van der Waals surface area (Å²) in [6, 6.07) is 3.31. The molecule has 6 heteroatoms. The maximum absolute atomic E-state index is 11.6. The van der Waals surface area contributed by atoms with E-state index in [1.165, 1.54) is 18.2 Å². The van der Waals surface area contributed by atoms with E-state index in [1.807, 2.05) is 6.92 Å². The Hall–Kier alpha value is -2.50. The molecule has 0 spiro atoms. The molecule has 0 aromatic heterocycles. The van der Waals surface area contributed by atoms with E-state index in [1.54, 1.807) is 6.08 Å².